The molecule has 4 aliphatic rings. The van der Waals surface area contributed by atoms with Crippen molar-refractivity contribution in [3.63, 3.8) is 0 Å². The van der Waals surface area contributed by atoms with E-state index in [2.05, 4.69) is 24.5 Å². The Bertz CT molecular complexity index is 1910. The van der Waals surface area contributed by atoms with Gasteiger partial charge in [0, 0.05) is 18.5 Å². The summed E-state index contributed by atoms with van der Waals surface area (Å²) in [5, 5.41) is 240. The molecule has 0 unspecified atom stereocenters. The highest BCUT2D eigenvalue weighted by atomic mass is 16.8. The zero-order chi connectivity index (χ0) is 69.3. The summed E-state index contributed by atoms with van der Waals surface area (Å²) in [6.45, 7) is -2.68. The molecular weight excluding hydrogens is 1250 g/mol. The van der Waals surface area contributed by atoms with E-state index < -0.39 is 229 Å². The summed E-state index contributed by atoms with van der Waals surface area (Å²) in [4.78, 5) is 28.2. The Labute approximate surface area is 540 Å². The molecule has 0 aliphatic carbocycles. The largest absolute Gasteiger partial charge is 0.394 e. The van der Waals surface area contributed by atoms with Gasteiger partial charge in [-0.05, 0) is 12.8 Å². The average Bonchev–Trinajstić information content (AvgIpc) is 0.849. The first-order valence-corrected chi connectivity index (χ1v) is 32.6. The molecule has 4 aliphatic heterocycles. The SMILES string of the molecule is CCCCCCCCCCC(CCCCCCCCCC)(CNC(=O)[C@H](O)[C@@H](O)[C@H](O[C@H]1O[C@H](CO)[C@@H](O[C@H]2O[C@H](CO)[C@@H](O)[C@H](O)[C@H]2O)[C@H](O)[C@H]1O)[C@H](O)CO)CNC(=O)[C@H](O)[C@@H](O)[C@H](O[C@H]1O[C@H](CO)[C@@H](O[C@H]2O[C@H](CO)[C@@H](O)[C@H](O)[C@H]2O)[C@H](O)[C@H]1O)[C@H](O)CO. The number of rotatable bonds is 44. The molecule has 34 heteroatoms. The van der Waals surface area contributed by atoms with Crippen molar-refractivity contribution in [2.75, 3.05) is 52.7 Å². The third-order valence-corrected chi connectivity index (χ3v) is 17.9. The van der Waals surface area contributed by atoms with E-state index in [9.17, 15) is 122 Å². The number of hydrogen-bond acceptors (Lipinski definition) is 32. The maximum Gasteiger partial charge on any atom is 0.251 e. The smallest absolute Gasteiger partial charge is 0.251 e. The van der Waals surface area contributed by atoms with Crippen molar-refractivity contribution < 1.29 is 160 Å². The number of unbranched alkanes of at least 4 members (excludes halogenated alkanes) is 14. The molecule has 0 aromatic carbocycles. The summed E-state index contributed by atoms with van der Waals surface area (Å²) in [5.74, 6) is -2.59. The van der Waals surface area contributed by atoms with Gasteiger partial charge in [-0.3, -0.25) is 9.59 Å². The van der Waals surface area contributed by atoms with E-state index in [0.29, 0.717) is 25.7 Å². The predicted octanol–water partition coefficient (Wildman–Crippen LogP) is -8.56. The predicted molar refractivity (Wildman–Crippen MR) is 316 cm³/mol. The van der Waals surface area contributed by atoms with Crippen LogP contribution < -0.4 is 10.6 Å². The summed E-state index contributed by atoms with van der Waals surface area (Å²) >= 11 is 0. The summed E-state index contributed by atoms with van der Waals surface area (Å²) in [6.07, 6.45) is -42.2. The fourth-order valence-corrected chi connectivity index (χ4v) is 11.9. The third-order valence-electron chi connectivity index (χ3n) is 17.9. The first kappa shape index (κ1) is 83.2. The molecule has 24 N–H and O–H groups in total. The second-order valence-electron chi connectivity index (χ2n) is 25.0. The molecule has 34 nitrogen and oxygen atoms in total. The molecular formula is C59H110N2O32. The van der Waals surface area contributed by atoms with Crippen LogP contribution in [-0.2, 0) is 47.5 Å². The number of ether oxygens (including phenoxy) is 8. The minimum absolute atomic E-state index is 0.277. The Kier molecular flexibility index (Phi) is 37.5. The standard InChI is InChI=1S/C59H110N2O32/c1-3-5-7-9-11-13-15-17-19-59(20-18-16-14-12-10-8-6-4-2,27-60-53(84)43(78)39(74)49(29(68)21-62)90-57-47(82)41(76)51(33(25-66)88-57)92-55-45(80)37(72)35(70)31(23-64)86-55)28-61-54(85)44(79)40(75)50(30(69)22-63)91-58-48(83)42(77)52(34(26-67)89-58)93-56-46(81)38(73)36(71)32(24-65)87-56/h29-52,55-58,62-83H,3-28H2,1-2H3,(H,60,84)(H,61,85)/t29-,30-,31-,32-,33-,34-,35-,36-,37+,38+,39-,40-,41-,42-,43-,44-,45-,46-,47-,48-,49-,50-,51-,52-,55-,56-,57-,58-/m1/s1. The highest BCUT2D eigenvalue weighted by molar-refractivity contribution is 5.82. The Morgan fingerprint density at radius 3 is 0.978 bits per heavy atom. The lowest BCUT2D eigenvalue weighted by Gasteiger charge is -2.46. The third kappa shape index (κ3) is 23.4. The van der Waals surface area contributed by atoms with Gasteiger partial charge in [-0.2, -0.15) is 0 Å². The minimum Gasteiger partial charge on any atom is -0.394 e. The van der Waals surface area contributed by atoms with Crippen LogP contribution in [0, 0.1) is 5.41 Å². The molecule has 4 rings (SSSR count). The van der Waals surface area contributed by atoms with Crippen LogP contribution >= 0.6 is 0 Å². The van der Waals surface area contributed by atoms with E-state index in [-0.39, 0.29) is 25.9 Å². The Morgan fingerprint density at radius 1 is 0.387 bits per heavy atom. The Hall–Kier alpha value is -2.26. The molecule has 0 bridgehead atoms. The lowest BCUT2D eigenvalue weighted by Crippen LogP contribution is -2.65. The molecule has 4 heterocycles. The Balaban J connectivity index is 1.57. The first-order chi connectivity index (χ1) is 44.3. The molecule has 4 fully saturated rings. The van der Waals surface area contributed by atoms with Crippen LogP contribution in [0.5, 0.6) is 0 Å². The van der Waals surface area contributed by atoms with Crippen molar-refractivity contribution in [2.24, 2.45) is 5.41 Å². The van der Waals surface area contributed by atoms with E-state index in [0.717, 1.165) is 77.0 Å². The van der Waals surface area contributed by atoms with Crippen LogP contribution in [0.3, 0.4) is 0 Å². The molecule has 28 atom stereocenters. The van der Waals surface area contributed by atoms with Gasteiger partial charge in [0.15, 0.2) is 37.4 Å². The lowest BCUT2D eigenvalue weighted by atomic mass is 9.77. The number of amides is 2. The van der Waals surface area contributed by atoms with Crippen LogP contribution in [0.15, 0.2) is 0 Å². The number of aliphatic hydroxyl groups is 22. The van der Waals surface area contributed by atoms with Gasteiger partial charge in [0.25, 0.3) is 11.8 Å². The number of nitrogens with one attached hydrogen (secondary N) is 2. The van der Waals surface area contributed by atoms with E-state index in [1.807, 2.05) is 0 Å². The van der Waals surface area contributed by atoms with Crippen molar-refractivity contribution in [2.45, 2.75) is 301 Å². The van der Waals surface area contributed by atoms with Gasteiger partial charge >= 0.3 is 0 Å². The van der Waals surface area contributed by atoms with Crippen molar-refractivity contribution >= 4 is 11.8 Å². The minimum atomic E-state index is -2.52. The van der Waals surface area contributed by atoms with Crippen molar-refractivity contribution in [1.29, 1.82) is 0 Å². The van der Waals surface area contributed by atoms with Gasteiger partial charge in [-0.1, -0.05) is 117 Å². The van der Waals surface area contributed by atoms with Gasteiger partial charge in [-0.15, -0.1) is 0 Å². The van der Waals surface area contributed by atoms with Gasteiger partial charge in [0.05, 0.1) is 39.6 Å². The fourth-order valence-electron chi connectivity index (χ4n) is 11.9. The topological polar surface area (TPSA) is 577 Å². The molecule has 4 saturated heterocycles. The van der Waals surface area contributed by atoms with Gasteiger partial charge in [-0.25, -0.2) is 0 Å². The van der Waals surface area contributed by atoms with Crippen LogP contribution in [0.1, 0.15) is 129 Å². The van der Waals surface area contributed by atoms with Crippen LogP contribution in [-0.4, -0.2) is 349 Å². The molecule has 2 amide bonds. The molecule has 0 radical (unpaired) electrons. The van der Waals surface area contributed by atoms with Crippen molar-refractivity contribution in [3.05, 3.63) is 0 Å². The summed E-state index contributed by atoms with van der Waals surface area (Å²) in [6, 6.07) is 0. The maximum absolute atomic E-state index is 14.1. The van der Waals surface area contributed by atoms with Crippen molar-refractivity contribution in [3.8, 4) is 0 Å². The molecule has 93 heavy (non-hydrogen) atoms. The van der Waals surface area contributed by atoms with Crippen molar-refractivity contribution in [1.82, 2.24) is 10.6 Å². The fraction of sp³-hybridized carbons (Fsp3) is 0.966. The maximum atomic E-state index is 14.1. The second-order valence-corrected chi connectivity index (χ2v) is 25.0. The quantitative estimate of drug-likeness (QED) is 0.0252. The zero-order valence-corrected chi connectivity index (χ0v) is 53.0. The normalized spacial score (nSPS) is 34.7. The highest BCUT2D eigenvalue weighted by Gasteiger charge is 2.55. The lowest BCUT2D eigenvalue weighted by molar-refractivity contribution is -0.367. The van der Waals surface area contributed by atoms with Gasteiger partial charge < -0.3 is 161 Å². The van der Waals surface area contributed by atoms with E-state index in [4.69, 9.17) is 37.9 Å². The van der Waals surface area contributed by atoms with Crippen LogP contribution in [0.2, 0.25) is 0 Å². The van der Waals surface area contributed by atoms with E-state index in [1.54, 1.807) is 0 Å². The molecule has 548 valence electrons. The molecule has 0 spiro atoms. The highest BCUT2D eigenvalue weighted by Crippen LogP contribution is 2.35. The van der Waals surface area contributed by atoms with E-state index in [1.165, 1.54) is 0 Å². The number of carbonyl (C=O) groups is 2. The molecule has 0 aromatic rings. The number of aliphatic hydroxyl groups excluding tert-OH is 22. The Morgan fingerprint density at radius 2 is 0.677 bits per heavy atom. The monoisotopic (exact) mass is 1360 g/mol. The first-order valence-electron chi connectivity index (χ1n) is 32.6. The van der Waals surface area contributed by atoms with Gasteiger partial charge in [0.1, 0.15) is 134 Å². The van der Waals surface area contributed by atoms with Crippen LogP contribution in [0.4, 0.5) is 0 Å². The summed E-state index contributed by atoms with van der Waals surface area (Å²) in [5.41, 5.74) is -1.15. The second kappa shape index (κ2) is 42.0. The van der Waals surface area contributed by atoms with Gasteiger partial charge in [0.2, 0.25) is 0 Å². The average molecular weight is 1360 g/mol. The number of hydrogen-bond donors (Lipinski definition) is 24. The molecule has 0 aromatic heterocycles. The zero-order valence-electron chi connectivity index (χ0n) is 53.0. The van der Waals surface area contributed by atoms with E-state index >= 15 is 0 Å². The summed E-state index contributed by atoms with van der Waals surface area (Å²) in [7, 11) is 0. The summed E-state index contributed by atoms with van der Waals surface area (Å²) < 4.78 is 44.3. The number of carbonyl (C=O) groups excluding carboxylic acids is 2. The van der Waals surface area contributed by atoms with Crippen LogP contribution in [0.25, 0.3) is 0 Å². The molecule has 0 saturated carbocycles.